The lowest BCUT2D eigenvalue weighted by molar-refractivity contribution is -0.385. The number of nitro benzene ring substituents is 1. The van der Waals surface area contributed by atoms with Crippen LogP contribution in [0, 0.1) is 10.1 Å². The van der Waals surface area contributed by atoms with Crippen molar-refractivity contribution in [3.63, 3.8) is 0 Å². The molecule has 2 heterocycles. The number of hydrogen-bond donors (Lipinski definition) is 0. The number of nitro groups is 1. The average molecular weight is 586 g/mol. The summed E-state index contributed by atoms with van der Waals surface area (Å²) in [6.45, 7) is 4.50. The van der Waals surface area contributed by atoms with Crippen LogP contribution in [0.1, 0.15) is 44.4 Å². The summed E-state index contributed by atoms with van der Waals surface area (Å²) in [7, 11) is 1.48. The topological polar surface area (TPSA) is 104 Å². The van der Waals surface area contributed by atoms with E-state index in [1.54, 1.807) is 6.92 Å². The second kappa shape index (κ2) is 13.4. The summed E-state index contributed by atoms with van der Waals surface area (Å²) in [6.07, 6.45) is 2.09. The van der Waals surface area contributed by atoms with Crippen molar-refractivity contribution in [1.29, 1.82) is 0 Å². The third-order valence-electron chi connectivity index (χ3n) is 6.91. The zero-order valence-electron chi connectivity index (χ0n) is 23.4. The highest BCUT2D eigenvalue weighted by atomic mass is 32.1. The smallest absolute Gasteiger partial charge is 0.341 e. The standard InChI is InChI=1S/C32H31N3O6S/c1-3-40-32(36)30-25-14-15-34(19-22-10-6-4-7-11-22)20-29(25)42-31(30)33-18-24-16-27(39-2)28(17-26(24)35(37)38)41-21-23-12-8-5-9-13-23/h4-13,16-18H,3,14-15,19-21H2,1-2H3. The Hall–Kier alpha value is -4.54. The Morgan fingerprint density at radius 1 is 1.07 bits per heavy atom. The molecule has 10 heteroatoms. The number of nitrogens with zero attached hydrogens (tertiary/aromatic N) is 3. The molecule has 216 valence electrons. The molecule has 4 aromatic rings. The molecular weight excluding hydrogens is 554 g/mol. The van der Waals surface area contributed by atoms with Gasteiger partial charge in [0.2, 0.25) is 0 Å². The molecule has 0 saturated heterocycles. The number of fused-ring (bicyclic) bond motifs is 1. The number of ether oxygens (including phenoxy) is 3. The number of carbonyl (C=O) groups excluding carboxylic acids is 1. The number of rotatable bonds is 11. The van der Waals surface area contributed by atoms with Crippen LogP contribution in [-0.2, 0) is 30.9 Å². The van der Waals surface area contributed by atoms with Crippen LogP contribution in [0.4, 0.5) is 10.7 Å². The Kier molecular flexibility index (Phi) is 9.25. The first-order valence-corrected chi connectivity index (χ1v) is 14.4. The van der Waals surface area contributed by atoms with Crippen LogP contribution in [0.25, 0.3) is 0 Å². The van der Waals surface area contributed by atoms with E-state index in [-0.39, 0.29) is 30.2 Å². The predicted molar refractivity (Wildman–Crippen MR) is 162 cm³/mol. The van der Waals surface area contributed by atoms with E-state index in [0.717, 1.165) is 29.1 Å². The molecule has 1 aromatic heterocycles. The second-order valence-electron chi connectivity index (χ2n) is 9.70. The van der Waals surface area contributed by atoms with Crippen molar-refractivity contribution < 1.29 is 23.9 Å². The third kappa shape index (κ3) is 6.67. The number of carbonyl (C=O) groups is 1. The molecule has 0 radical (unpaired) electrons. The summed E-state index contributed by atoms with van der Waals surface area (Å²) in [5, 5.41) is 12.5. The maximum absolute atomic E-state index is 13.0. The minimum Gasteiger partial charge on any atom is -0.493 e. The first-order valence-electron chi connectivity index (χ1n) is 13.6. The van der Waals surface area contributed by atoms with Crippen molar-refractivity contribution in [3.05, 3.63) is 116 Å². The van der Waals surface area contributed by atoms with Crippen molar-refractivity contribution in [2.45, 2.75) is 33.0 Å². The van der Waals surface area contributed by atoms with Crippen LogP contribution in [0.3, 0.4) is 0 Å². The fourth-order valence-corrected chi connectivity index (χ4v) is 6.11. The van der Waals surface area contributed by atoms with Crippen molar-refractivity contribution in [1.82, 2.24) is 4.90 Å². The van der Waals surface area contributed by atoms with E-state index in [2.05, 4.69) is 22.0 Å². The van der Waals surface area contributed by atoms with Gasteiger partial charge in [-0.25, -0.2) is 9.79 Å². The van der Waals surface area contributed by atoms with E-state index in [0.29, 0.717) is 29.3 Å². The van der Waals surface area contributed by atoms with Gasteiger partial charge in [-0.1, -0.05) is 60.7 Å². The van der Waals surface area contributed by atoms with Crippen LogP contribution in [0.15, 0.2) is 77.8 Å². The monoisotopic (exact) mass is 585 g/mol. The molecular formula is C32H31N3O6S. The summed E-state index contributed by atoms with van der Waals surface area (Å²) >= 11 is 1.42. The lowest BCUT2D eigenvalue weighted by atomic mass is 10.0. The predicted octanol–water partition coefficient (Wildman–Crippen LogP) is 6.73. The molecule has 3 aromatic carbocycles. The normalized spacial score (nSPS) is 13.1. The average Bonchev–Trinajstić information content (AvgIpc) is 3.37. The molecule has 0 aliphatic carbocycles. The molecule has 0 fully saturated rings. The lowest BCUT2D eigenvalue weighted by Gasteiger charge is -2.27. The van der Waals surface area contributed by atoms with Gasteiger partial charge in [0.25, 0.3) is 5.69 Å². The molecule has 5 rings (SSSR count). The van der Waals surface area contributed by atoms with Gasteiger partial charge in [-0.15, -0.1) is 11.3 Å². The fraction of sp³-hybridized carbons (Fsp3) is 0.250. The maximum Gasteiger partial charge on any atom is 0.341 e. The third-order valence-corrected chi connectivity index (χ3v) is 8.04. The van der Waals surface area contributed by atoms with Crippen LogP contribution < -0.4 is 9.47 Å². The van der Waals surface area contributed by atoms with E-state index >= 15 is 0 Å². The Morgan fingerprint density at radius 3 is 2.45 bits per heavy atom. The molecule has 0 spiro atoms. The highest BCUT2D eigenvalue weighted by molar-refractivity contribution is 7.16. The van der Waals surface area contributed by atoms with Crippen molar-refractivity contribution >= 4 is 34.2 Å². The van der Waals surface area contributed by atoms with Crippen molar-refractivity contribution in [3.8, 4) is 11.5 Å². The van der Waals surface area contributed by atoms with Crippen LogP contribution >= 0.6 is 11.3 Å². The van der Waals surface area contributed by atoms with E-state index in [4.69, 9.17) is 14.2 Å². The molecule has 0 amide bonds. The van der Waals surface area contributed by atoms with Gasteiger partial charge in [-0.2, -0.15) is 0 Å². The molecule has 0 saturated carbocycles. The van der Waals surface area contributed by atoms with Gasteiger partial charge >= 0.3 is 5.97 Å². The number of thiophene rings is 1. The maximum atomic E-state index is 13.0. The summed E-state index contributed by atoms with van der Waals surface area (Å²) in [5.41, 5.74) is 3.56. The fourth-order valence-electron chi connectivity index (χ4n) is 4.89. The summed E-state index contributed by atoms with van der Waals surface area (Å²) in [5.74, 6) is 0.156. The molecule has 42 heavy (non-hydrogen) atoms. The van der Waals surface area contributed by atoms with E-state index in [9.17, 15) is 14.9 Å². The summed E-state index contributed by atoms with van der Waals surface area (Å²) in [6, 6.07) is 22.6. The first kappa shape index (κ1) is 29.0. The number of hydrogen-bond acceptors (Lipinski definition) is 9. The van der Waals surface area contributed by atoms with Gasteiger partial charge in [0.15, 0.2) is 11.5 Å². The molecule has 1 aliphatic rings. The SMILES string of the molecule is CCOC(=O)c1c(N=Cc2cc(OC)c(OCc3ccccc3)cc2[N+](=O)[O-])sc2c1CCN(Cc1ccccc1)C2. The number of methoxy groups -OCH3 is 1. The van der Waals surface area contributed by atoms with Gasteiger partial charge in [0.05, 0.1) is 35.8 Å². The Bertz CT molecular complexity index is 1590. The highest BCUT2D eigenvalue weighted by Crippen LogP contribution is 2.40. The molecule has 9 nitrogen and oxygen atoms in total. The highest BCUT2D eigenvalue weighted by Gasteiger charge is 2.29. The Morgan fingerprint density at radius 2 is 1.79 bits per heavy atom. The van der Waals surface area contributed by atoms with E-state index in [1.165, 1.54) is 42.4 Å². The van der Waals surface area contributed by atoms with Gasteiger partial charge in [-0.3, -0.25) is 15.0 Å². The summed E-state index contributed by atoms with van der Waals surface area (Å²) in [4.78, 5) is 32.6. The van der Waals surface area contributed by atoms with E-state index < -0.39 is 10.9 Å². The summed E-state index contributed by atoms with van der Waals surface area (Å²) < 4.78 is 16.7. The Balaban J connectivity index is 1.44. The molecule has 0 N–H and O–H groups in total. The van der Waals surface area contributed by atoms with Gasteiger partial charge < -0.3 is 14.2 Å². The minimum absolute atomic E-state index is 0.185. The molecule has 0 bridgehead atoms. The number of benzene rings is 3. The van der Waals surface area contributed by atoms with Gasteiger partial charge in [0, 0.05) is 30.7 Å². The van der Waals surface area contributed by atoms with Gasteiger partial charge in [0.1, 0.15) is 11.6 Å². The minimum atomic E-state index is -0.483. The van der Waals surface area contributed by atoms with Crippen molar-refractivity contribution in [2.75, 3.05) is 20.3 Å². The van der Waals surface area contributed by atoms with Crippen LogP contribution in [0.5, 0.6) is 11.5 Å². The molecule has 0 unspecified atom stereocenters. The largest absolute Gasteiger partial charge is 0.493 e. The zero-order valence-corrected chi connectivity index (χ0v) is 24.3. The second-order valence-corrected chi connectivity index (χ2v) is 10.8. The van der Waals surface area contributed by atoms with E-state index in [1.807, 2.05) is 48.5 Å². The van der Waals surface area contributed by atoms with Crippen LogP contribution in [0.2, 0.25) is 0 Å². The van der Waals surface area contributed by atoms with Gasteiger partial charge in [-0.05, 0) is 36.1 Å². The quantitative estimate of drug-likeness (QED) is 0.0832. The zero-order chi connectivity index (χ0) is 29.5. The molecule has 0 atom stereocenters. The number of aliphatic imine (C=N–C) groups is 1. The number of esters is 1. The van der Waals surface area contributed by atoms with Crippen LogP contribution in [-0.4, -0.2) is 42.3 Å². The lowest BCUT2D eigenvalue weighted by Crippen LogP contribution is -2.29. The Labute approximate surface area is 248 Å². The molecule has 1 aliphatic heterocycles. The first-order chi connectivity index (χ1) is 20.5. The van der Waals surface area contributed by atoms with Crippen molar-refractivity contribution in [2.24, 2.45) is 4.99 Å².